The van der Waals surface area contributed by atoms with Crippen molar-refractivity contribution >= 4 is 17.6 Å². The molecule has 0 radical (unpaired) electrons. The van der Waals surface area contributed by atoms with E-state index in [9.17, 15) is 9.59 Å². The average Bonchev–Trinajstić information content (AvgIpc) is 3.12. The molecule has 0 saturated carbocycles. The van der Waals surface area contributed by atoms with Crippen LogP contribution in [0.2, 0.25) is 0 Å². The van der Waals surface area contributed by atoms with Crippen molar-refractivity contribution in [3.8, 4) is 0 Å². The number of nitrogens with zero attached hydrogens (tertiary/aromatic N) is 2. The summed E-state index contributed by atoms with van der Waals surface area (Å²) in [6, 6.07) is 8.40. The zero-order valence-electron chi connectivity index (χ0n) is 17.7. The highest BCUT2D eigenvalue weighted by atomic mass is 16.5. The van der Waals surface area contributed by atoms with Crippen LogP contribution in [0.25, 0.3) is 0 Å². The number of likely N-dealkylation sites (tertiary alicyclic amines) is 1. The Hall–Kier alpha value is -2.08. The minimum atomic E-state index is -0.166. The molecular formula is C23H33N3O3. The van der Waals surface area contributed by atoms with Crippen molar-refractivity contribution in [3.05, 3.63) is 29.8 Å². The number of rotatable bonds is 3. The lowest BCUT2D eigenvalue weighted by Gasteiger charge is -2.46. The highest BCUT2D eigenvalue weighted by molar-refractivity contribution is 5.95. The second-order valence-corrected chi connectivity index (χ2v) is 9.11. The van der Waals surface area contributed by atoms with E-state index in [0.29, 0.717) is 18.9 Å². The van der Waals surface area contributed by atoms with E-state index in [1.54, 1.807) is 0 Å². The van der Waals surface area contributed by atoms with E-state index >= 15 is 0 Å². The Kier molecular flexibility index (Phi) is 5.81. The molecule has 0 aromatic heterocycles. The van der Waals surface area contributed by atoms with Crippen LogP contribution < -0.4 is 10.2 Å². The van der Waals surface area contributed by atoms with Gasteiger partial charge in [-0.1, -0.05) is 18.2 Å². The number of hydrogen-bond acceptors (Lipinski definition) is 3. The van der Waals surface area contributed by atoms with Crippen LogP contribution >= 0.6 is 0 Å². The first kappa shape index (κ1) is 20.2. The maximum Gasteiger partial charge on any atom is 0.317 e. The van der Waals surface area contributed by atoms with E-state index < -0.39 is 0 Å². The van der Waals surface area contributed by atoms with Crippen LogP contribution in [0.4, 0.5) is 10.5 Å². The third-order valence-electron chi connectivity index (χ3n) is 6.62. The number of anilines is 1. The minimum absolute atomic E-state index is 0.0186. The number of para-hydroxylation sites is 1. The number of piperidine rings is 1. The van der Waals surface area contributed by atoms with Gasteiger partial charge < -0.3 is 19.9 Å². The second kappa shape index (κ2) is 8.34. The molecule has 0 aliphatic carbocycles. The lowest BCUT2D eigenvalue weighted by Crippen LogP contribution is -2.53. The number of ether oxygens (including phenoxy) is 1. The Morgan fingerprint density at radius 1 is 1.21 bits per heavy atom. The van der Waals surface area contributed by atoms with Crippen LogP contribution in [-0.2, 0) is 16.0 Å². The zero-order valence-corrected chi connectivity index (χ0v) is 17.7. The van der Waals surface area contributed by atoms with Crippen molar-refractivity contribution in [1.29, 1.82) is 0 Å². The van der Waals surface area contributed by atoms with Crippen LogP contribution in [0, 0.1) is 5.92 Å². The summed E-state index contributed by atoms with van der Waals surface area (Å²) in [5, 5.41) is 2.97. The van der Waals surface area contributed by atoms with Gasteiger partial charge in [-0.15, -0.1) is 0 Å². The largest absolute Gasteiger partial charge is 0.375 e. The smallest absolute Gasteiger partial charge is 0.317 e. The number of amides is 3. The fraction of sp³-hybridized carbons (Fsp3) is 0.652. The zero-order chi connectivity index (χ0) is 20.4. The Morgan fingerprint density at radius 2 is 1.97 bits per heavy atom. The van der Waals surface area contributed by atoms with Gasteiger partial charge in [-0.3, -0.25) is 4.79 Å². The summed E-state index contributed by atoms with van der Waals surface area (Å²) in [5.41, 5.74) is 2.20. The average molecular weight is 400 g/mol. The minimum Gasteiger partial charge on any atom is -0.375 e. The SMILES string of the molecule is CC(C)NC(=O)N1CCC2(CC1)CC(CC(=O)N1CCc3ccccc31)CCO2. The molecule has 4 rings (SSSR count). The van der Waals surface area contributed by atoms with Crippen LogP contribution in [-0.4, -0.2) is 54.7 Å². The van der Waals surface area contributed by atoms with Crippen molar-refractivity contribution in [2.45, 2.75) is 64.0 Å². The van der Waals surface area contributed by atoms with Crippen LogP contribution in [0.1, 0.15) is 51.5 Å². The van der Waals surface area contributed by atoms with Gasteiger partial charge in [0.1, 0.15) is 0 Å². The summed E-state index contributed by atoms with van der Waals surface area (Å²) in [6.45, 7) is 6.92. The summed E-state index contributed by atoms with van der Waals surface area (Å²) in [4.78, 5) is 29.1. The summed E-state index contributed by atoms with van der Waals surface area (Å²) < 4.78 is 6.23. The van der Waals surface area contributed by atoms with Gasteiger partial charge in [0.25, 0.3) is 0 Å². The molecule has 3 aliphatic heterocycles. The van der Waals surface area contributed by atoms with E-state index in [1.807, 2.05) is 35.8 Å². The van der Waals surface area contributed by atoms with Crippen LogP contribution in [0.15, 0.2) is 24.3 Å². The number of urea groups is 1. The summed E-state index contributed by atoms with van der Waals surface area (Å²) in [6.07, 6.45) is 5.13. The van der Waals surface area contributed by atoms with Gasteiger partial charge in [0.05, 0.1) is 5.60 Å². The number of hydrogen-bond donors (Lipinski definition) is 1. The number of fused-ring (bicyclic) bond motifs is 1. The third kappa shape index (κ3) is 4.42. The number of benzene rings is 1. The quantitative estimate of drug-likeness (QED) is 0.848. The first-order valence-electron chi connectivity index (χ1n) is 11.0. The predicted molar refractivity (Wildman–Crippen MR) is 113 cm³/mol. The maximum absolute atomic E-state index is 13.0. The molecule has 1 N–H and O–H groups in total. The number of carbonyl (C=O) groups excluding carboxylic acids is 2. The molecule has 158 valence electrons. The summed E-state index contributed by atoms with van der Waals surface area (Å²) >= 11 is 0. The van der Waals surface area contributed by atoms with Gasteiger partial charge in [0, 0.05) is 44.4 Å². The first-order valence-corrected chi connectivity index (χ1v) is 11.0. The van der Waals surface area contributed by atoms with Crippen LogP contribution in [0.5, 0.6) is 0 Å². The van der Waals surface area contributed by atoms with Crippen molar-refractivity contribution in [2.24, 2.45) is 5.92 Å². The molecule has 2 fully saturated rings. The molecule has 29 heavy (non-hydrogen) atoms. The highest BCUT2D eigenvalue weighted by Gasteiger charge is 2.42. The van der Waals surface area contributed by atoms with Gasteiger partial charge in [0.2, 0.25) is 5.91 Å². The van der Waals surface area contributed by atoms with Gasteiger partial charge >= 0.3 is 6.03 Å². The Morgan fingerprint density at radius 3 is 2.72 bits per heavy atom. The van der Waals surface area contributed by atoms with Gasteiger partial charge in [-0.2, -0.15) is 0 Å². The van der Waals surface area contributed by atoms with E-state index in [-0.39, 0.29) is 23.6 Å². The monoisotopic (exact) mass is 399 g/mol. The topological polar surface area (TPSA) is 61.9 Å². The Labute approximate surface area is 173 Å². The molecule has 1 aromatic carbocycles. The van der Waals surface area contributed by atoms with Gasteiger partial charge in [-0.05, 0) is 63.5 Å². The molecule has 3 amide bonds. The molecule has 3 aliphatic rings. The van der Waals surface area contributed by atoms with Crippen molar-refractivity contribution in [1.82, 2.24) is 10.2 Å². The molecule has 6 nitrogen and oxygen atoms in total. The molecule has 1 unspecified atom stereocenters. The molecule has 1 spiro atoms. The molecular weight excluding hydrogens is 366 g/mol. The van der Waals surface area contributed by atoms with E-state index in [0.717, 1.165) is 57.4 Å². The molecule has 6 heteroatoms. The lowest BCUT2D eigenvalue weighted by molar-refractivity contribution is -0.132. The summed E-state index contributed by atoms with van der Waals surface area (Å²) in [5.74, 6) is 0.603. The van der Waals surface area contributed by atoms with Crippen LogP contribution in [0.3, 0.4) is 0 Å². The van der Waals surface area contributed by atoms with Crippen molar-refractivity contribution in [2.75, 3.05) is 31.1 Å². The molecule has 1 aromatic rings. The van der Waals surface area contributed by atoms with Crippen molar-refractivity contribution < 1.29 is 14.3 Å². The Balaban J connectivity index is 1.32. The fourth-order valence-electron chi connectivity index (χ4n) is 5.06. The number of nitrogens with one attached hydrogen (secondary N) is 1. The normalized spacial score (nSPS) is 23.3. The molecule has 1 atom stereocenters. The first-order chi connectivity index (χ1) is 14.0. The van der Waals surface area contributed by atoms with E-state index in [1.165, 1.54) is 5.56 Å². The van der Waals surface area contributed by atoms with Gasteiger partial charge in [-0.25, -0.2) is 4.79 Å². The third-order valence-corrected chi connectivity index (χ3v) is 6.62. The molecule has 2 saturated heterocycles. The predicted octanol–water partition coefficient (Wildman–Crippen LogP) is 3.35. The van der Waals surface area contributed by atoms with Gasteiger partial charge in [0.15, 0.2) is 0 Å². The second-order valence-electron chi connectivity index (χ2n) is 9.11. The van der Waals surface area contributed by atoms with E-state index in [4.69, 9.17) is 4.74 Å². The van der Waals surface area contributed by atoms with E-state index in [2.05, 4.69) is 17.4 Å². The fourth-order valence-corrected chi connectivity index (χ4v) is 5.06. The molecule has 0 bridgehead atoms. The lowest BCUT2D eigenvalue weighted by atomic mass is 9.78. The highest BCUT2D eigenvalue weighted by Crippen LogP contribution is 2.39. The molecule has 3 heterocycles. The number of carbonyl (C=O) groups is 2. The standard InChI is InChI=1S/C23H33N3O3/c1-17(2)24-22(28)25-12-9-23(10-13-25)16-18(8-14-29-23)15-21(27)26-11-7-19-5-3-4-6-20(19)26/h3-6,17-18H,7-16H2,1-2H3,(H,24,28). The van der Waals surface area contributed by atoms with Crippen molar-refractivity contribution in [3.63, 3.8) is 0 Å². The Bertz CT molecular complexity index is 755. The maximum atomic E-state index is 13.0. The summed E-state index contributed by atoms with van der Waals surface area (Å²) in [7, 11) is 0.